The van der Waals surface area contributed by atoms with Crippen molar-refractivity contribution in [3.8, 4) is 11.5 Å². The van der Waals surface area contributed by atoms with Gasteiger partial charge in [0.2, 0.25) is 0 Å². The number of nitrogens with two attached hydrogens (primary N) is 1. The van der Waals surface area contributed by atoms with Gasteiger partial charge in [-0.2, -0.15) is 8.78 Å². The number of nitrogen functional groups attached to an aromatic ring is 1. The molecule has 0 unspecified atom stereocenters. The van der Waals surface area contributed by atoms with E-state index in [0.717, 1.165) is 5.56 Å². The van der Waals surface area contributed by atoms with Crippen molar-refractivity contribution in [1.29, 1.82) is 0 Å². The molecule has 2 aromatic rings. The first-order valence-corrected chi connectivity index (χ1v) is 6.62. The van der Waals surface area contributed by atoms with E-state index in [1.807, 2.05) is 0 Å². The fourth-order valence-electron chi connectivity index (χ4n) is 1.78. The third-order valence-corrected chi connectivity index (χ3v) is 2.85. The maximum atomic E-state index is 12.3. The zero-order valence-electron chi connectivity index (χ0n) is 12.2. The first-order valence-electron chi connectivity index (χ1n) is 6.62. The number of benzene rings is 1. The lowest BCUT2D eigenvalue weighted by Crippen LogP contribution is -2.04. The topological polar surface area (TPSA) is 70.5 Å². The molecule has 118 valence electrons. The largest absolute Gasteiger partial charge is 0.490 e. The minimum absolute atomic E-state index is 0.00852. The van der Waals surface area contributed by atoms with Gasteiger partial charge in [0.15, 0.2) is 17.3 Å². The van der Waals surface area contributed by atoms with Crippen molar-refractivity contribution in [3.63, 3.8) is 0 Å². The SMILES string of the molecule is CCOc1cc(/C=C/c2noc(C)c2N)ccc1OC(F)F. The zero-order chi connectivity index (χ0) is 16.1. The van der Waals surface area contributed by atoms with Gasteiger partial charge in [0, 0.05) is 0 Å². The maximum absolute atomic E-state index is 12.3. The summed E-state index contributed by atoms with van der Waals surface area (Å²) in [6.07, 6.45) is 3.40. The Kier molecular flexibility index (Phi) is 4.98. The first-order chi connectivity index (χ1) is 10.5. The van der Waals surface area contributed by atoms with Crippen molar-refractivity contribution in [2.45, 2.75) is 20.5 Å². The molecular formula is C15H16F2N2O3. The number of hydrogen-bond donors (Lipinski definition) is 1. The van der Waals surface area contributed by atoms with Crippen molar-refractivity contribution in [1.82, 2.24) is 5.16 Å². The molecule has 0 fully saturated rings. The van der Waals surface area contributed by atoms with Crippen LogP contribution in [0.5, 0.6) is 11.5 Å². The standard InChI is InChI=1S/C15H16F2N2O3/c1-3-20-13-8-10(5-7-12(13)21-15(16)17)4-6-11-14(18)9(2)22-19-11/h4-8,15H,3,18H2,1-2H3/b6-4+. The maximum Gasteiger partial charge on any atom is 0.387 e. The van der Waals surface area contributed by atoms with Crippen LogP contribution in [0.3, 0.4) is 0 Å². The molecule has 0 bridgehead atoms. The van der Waals surface area contributed by atoms with E-state index in [4.69, 9.17) is 15.0 Å². The van der Waals surface area contributed by atoms with Gasteiger partial charge in [-0.1, -0.05) is 17.3 Å². The number of hydrogen-bond acceptors (Lipinski definition) is 5. The molecule has 2 N–H and O–H groups in total. The van der Waals surface area contributed by atoms with E-state index in [1.165, 1.54) is 6.07 Å². The number of ether oxygens (including phenoxy) is 2. The molecule has 0 atom stereocenters. The Morgan fingerprint density at radius 1 is 1.32 bits per heavy atom. The van der Waals surface area contributed by atoms with Crippen molar-refractivity contribution in [3.05, 3.63) is 35.2 Å². The Bertz CT molecular complexity index is 669. The average molecular weight is 310 g/mol. The van der Waals surface area contributed by atoms with Gasteiger partial charge in [0.25, 0.3) is 0 Å². The molecule has 1 heterocycles. The molecule has 0 saturated heterocycles. The molecule has 0 aliphatic heterocycles. The Hall–Kier alpha value is -2.57. The van der Waals surface area contributed by atoms with Crippen LogP contribution in [-0.2, 0) is 0 Å². The minimum atomic E-state index is -2.90. The summed E-state index contributed by atoms with van der Waals surface area (Å²) < 4.78 is 39.3. The lowest BCUT2D eigenvalue weighted by Gasteiger charge is -2.11. The summed E-state index contributed by atoms with van der Waals surface area (Å²) in [5, 5.41) is 3.80. The van der Waals surface area contributed by atoms with Gasteiger partial charge in [-0.25, -0.2) is 0 Å². The summed E-state index contributed by atoms with van der Waals surface area (Å²) in [5.74, 6) is 0.774. The Morgan fingerprint density at radius 3 is 2.68 bits per heavy atom. The van der Waals surface area contributed by atoms with E-state index in [2.05, 4.69) is 9.89 Å². The minimum Gasteiger partial charge on any atom is -0.490 e. The van der Waals surface area contributed by atoms with Gasteiger partial charge in [-0.15, -0.1) is 0 Å². The molecule has 0 aliphatic rings. The second-order valence-electron chi connectivity index (χ2n) is 4.39. The van der Waals surface area contributed by atoms with Gasteiger partial charge in [-0.05, 0) is 37.6 Å². The molecule has 0 amide bonds. The molecular weight excluding hydrogens is 294 g/mol. The molecule has 0 saturated carbocycles. The van der Waals surface area contributed by atoms with Crippen LogP contribution < -0.4 is 15.2 Å². The number of aromatic nitrogens is 1. The van der Waals surface area contributed by atoms with Crippen LogP contribution in [0, 0.1) is 6.92 Å². The molecule has 2 rings (SSSR count). The highest BCUT2D eigenvalue weighted by Gasteiger charge is 2.11. The number of alkyl halides is 2. The van der Waals surface area contributed by atoms with Crippen LogP contribution in [0.15, 0.2) is 22.7 Å². The number of aryl methyl sites for hydroxylation is 1. The van der Waals surface area contributed by atoms with Gasteiger partial charge >= 0.3 is 6.61 Å². The summed E-state index contributed by atoms with van der Waals surface area (Å²) in [4.78, 5) is 0. The highest BCUT2D eigenvalue weighted by atomic mass is 19.3. The fraction of sp³-hybridized carbons (Fsp3) is 0.267. The summed E-state index contributed by atoms with van der Waals surface area (Å²) >= 11 is 0. The van der Waals surface area contributed by atoms with E-state index in [0.29, 0.717) is 23.7 Å². The highest BCUT2D eigenvalue weighted by molar-refractivity contribution is 5.74. The van der Waals surface area contributed by atoms with Crippen molar-refractivity contribution in [2.24, 2.45) is 0 Å². The second kappa shape index (κ2) is 6.93. The molecule has 0 radical (unpaired) electrons. The quantitative estimate of drug-likeness (QED) is 0.880. The zero-order valence-corrected chi connectivity index (χ0v) is 12.2. The van der Waals surface area contributed by atoms with Crippen molar-refractivity contribution in [2.75, 3.05) is 12.3 Å². The van der Waals surface area contributed by atoms with Gasteiger partial charge < -0.3 is 19.7 Å². The van der Waals surface area contributed by atoms with Crippen molar-refractivity contribution < 1.29 is 22.8 Å². The average Bonchev–Trinajstić information content (AvgIpc) is 2.79. The Morgan fingerprint density at radius 2 is 2.09 bits per heavy atom. The van der Waals surface area contributed by atoms with E-state index >= 15 is 0 Å². The fourth-order valence-corrected chi connectivity index (χ4v) is 1.78. The van der Waals surface area contributed by atoms with Crippen LogP contribution in [0.25, 0.3) is 12.2 Å². The lowest BCUT2D eigenvalue weighted by molar-refractivity contribution is -0.0514. The molecule has 1 aromatic heterocycles. The van der Waals surface area contributed by atoms with Crippen LogP contribution in [-0.4, -0.2) is 18.4 Å². The molecule has 0 spiro atoms. The Labute approximate surface area is 126 Å². The Balaban J connectivity index is 2.24. The third kappa shape index (κ3) is 3.75. The summed E-state index contributed by atoms with van der Waals surface area (Å²) in [7, 11) is 0. The molecule has 1 aromatic carbocycles. The number of nitrogens with zero attached hydrogens (tertiary/aromatic N) is 1. The first kappa shape index (κ1) is 15.8. The molecule has 7 heteroatoms. The van der Waals surface area contributed by atoms with Gasteiger partial charge in [0.05, 0.1) is 6.61 Å². The second-order valence-corrected chi connectivity index (χ2v) is 4.39. The van der Waals surface area contributed by atoms with Gasteiger partial charge in [-0.3, -0.25) is 0 Å². The third-order valence-electron chi connectivity index (χ3n) is 2.85. The van der Waals surface area contributed by atoms with E-state index in [9.17, 15) is 8.78 Å². The predicted octanol–water partition coefficient (Wildman–Crippen LogP) is 3.74. The molecule has 0 aliphatic carbocycles. The van der Waals surface area contributed by atoms with Gasteiger partial charge in [0.1, 0.15) is 11.4 Å². The summed E-state index contributed by atoms with van der Waals surface area (Å²) in [6, 6.07) is 4.65. The number of rotatable bonds is 6. The molecule has 5 nitrogen and oxygen atoms in total. The smallest absolute Gasteiger partial charge is 0.387 e. The highest BCUT2D eigenvalue weighted by Crippen LogP contribution is 2.30. The monoisotopic (exact) mass is 310 g/mol. The van der Waals surface area contributed by atoms with E-state index < -0.39 is 6.61 Å². The number of anilines is 1. The van der Waals surface area contributed by atoms with E-state index in [1.54, 1.807) is 38.1 Å². The predicted molar refractivity (Wildman–Crippen MR) is 78.8 cm³/mol. The van der Waals surface area contributed by atoms with Crippen LogP contribution in [0.4, 0.5) is 14.5 Å². The van der Waals surface area contributed by atoms with Crippen LogP contribution in [0.2, 0.25) is 0 Å². The van der Waals surface area contributed by atoms with Crippen molar-refractivity contribution >= 4 is 17.8 Å². The lowest BCUT2D eigenvalue weighted by atomic mass is 10.1. The summed E-state index contributed by atoms with van der Waals surface area (Å²) in [5.41, 5.74) is 7.48. The van der Waals surface area contributed by atoms with Crippen LogP contribution in [0.1, 0.15) is 23.9 Å². The number of halogens is 2. The van der Waals surface area contributed by atoms with E-state index in [-0.39, 0.29) is 11.5 Å². The molecule has 22 heavy (non-hydrogen) atoms. The van der Waals surface area contributed by atoms with Crippen LogP contribution >= 0.6 is 0 Å². The normalized spacial score (nSPS) is 11.3. The summed E-state index contributed by atoms with van der Waals surface area (Å²) in [6.45, 7) is 0.900.